The molecule has 0 unspecified atom stereocenters. The molecule has 2 N–H and O–H groups in total. The van der Waals surface area contributed by atoms with Crippen LogP contribution in [0.5, 0.6) is 0 Å². The van der Waals surface area contributed by atoms with E-state index >= 15 is 0 Å². The maximum absolute atomic E-state index is 11.6. The van der Waals surface area contributed by atoms with Crippen molar-refractivity contribution in [2.24, 2.45) is 0 Å². The summed E-state index contributed by atoms with van der Waals surface area (Å²) in [6.07, 6.45) is 3.24. The highest BCUT2D eigenvalue weighted by Gasteiger charge is 2.30. The van der Waals surface area contributed by atoms with Crippen molar-refractivity contribution in [3.63, 3.8) is 0 Å². The number of fused-ring (bicyclic) bond motifs is 3. The SMILES string of the molecule is CNCc1ccc(-n2nc(-c3ccc(C#N)nc3)c3c2-c2sc(NC(C)=O)nc2CC3)cc1. The van der Waals surface area contributed by atoms with Gasteiger partial charge in [-0.3, -0.25) is 4.79 Å². The number of hydrogen-bond acceptors (Lipinski definition) is 7. The van der Waals surface area contributed by atoms with E-state index < -0.39 is 0 Å². The lowest BCUT2D eigenvalue weighted by Gasteiger charge is -2.14. The fourth-order valence-corrected chi connectivity index (χ4v) is 5.17. The van der Waals surface area contributed by atoms with E-state index in [1.807, 2.05) is 17.8 Å². The molecule has 1 amide bonds. The van der Waals surface area contributed by atoms with Gasteiger partial charge in [-0.1, -0.05) is 23.5 Å². The van der Waals surface area contributed by atoms with Gasteiger partial charge in [0.2, 0.25) is 5.91 Å². The Morgan fingerprint density at radius 2 is 2.03 bits per heavy atom. The quantitative estimate of drug-likeness (QED) is 0.475. The van der Waals surface area contributed by atoms with Gasteiger partial charge in [0.1, 0.15) is 11.8 Å². The van der Waals surface area contributed by atoms with Gasteiger partial charge in [-0.25, -0.2) is 14.6 Å². The molecule has 164 valence electrons. The minimum Gasteiger partial charge on any atom is -0.316 e. The minimum atomic E-state index is -0.140. The Bertz CT molecular complexity index is 1380. The van der Waals surface area contributed by atoms with Crippen LogP contribution in [0.4, 0.5) is 5.13 Å². The first-order chi connectivity index (χ1) is 16.1. The maximum Gasteiger partial charge on any atom is 0.223 e. The third-order valence-electron chi connectivity index (χ3n) is 5.50. The average molecular weight is 456 g/mol. The van der Waals surface area contributed by atoms with Gasteiger partial charge in [-0.2, -0.15) is 10.4 Å². The maximum atomic E-state index is 11.6. The standard InChI is InChI=1S/C24H21N7OS/c1-14(32)28-24-29-20-10-9-19-21(16-5-6-17(11-25)27-13-16)30-31(22(19)23(20)33-24)18-7-3-15(4-8-18)12-26-2/h3-8,13,26H,9-10,12H2,1-2H3,(H,28,29,32). The zero-order chi connectivity index (χ0) is 22.9. The zero-order valence-electron chi connectivity index (χ0n) is 18.2. The summed E-state index contributed by atoms with van der Waals surface area (Å²) in [6.45, 7) is 2.28. The molecule has 0 spiro atoms. The number of nitriles is 1. The summed E-state index contributed by atoms with van der Waals surface area (Å²) in [5, 5.41) is 20.7. The number of amides is 1. The molecule has 9 heteroatoms. The van der Waals surface area contributed by atoms with E-state index in [1.165, 1.54) is 23.8 Å². The highest BCUT2D eigenvalue weighted by Crippen LogP contribution is 2.44. The van der Waals surface area contributed by atoms with Crippen molar-refractivity contribution in [3.8, 4) is 33.6 Å². The van der Waals surface area contributed by atoms with E-state index in [0.29, 0.717) is 10.8 Å². The normalized spacial score (nSPS) is 12.0. The second-order valence-electron chi connectivity index (χ2n) is 7.80. The molecule has 1 aliphatic carbocycles. The summed E-state index contributed by atoms with van der Waals surface area (Å²) in [5.74, 6) is -0.140. The van der Waals surface area contributed by atoms with Gasteiger partial charge in [0.05, 0.1) is 27.6 Å². The summed E-state index contributed by atoms with van der Waals surface area (Å²) >= 11 is 1.47. The topological polar surface area (TPSA) is 109 Å². The number of pyridine rings is 1. The smallest absolute Gasteiger partial charge is 0.223 e. The predicted octanol–water partition coefficient (Wildman–Crippen LogP) is 3.71. The van der Waals surface area contributed by atoms with Gasteiger partial charge in [0.15, 0.2) is 5.13 Å². The van der Waals surface area contributed by atoms with Gasteiger partial charge >= 0.3 is 0 Å². The Balaban J connectivity index is 1.68. The molecule has 1 aliphatic rings. The number of carbonyl (C=O) groups is 1. The third kappa shape index (κ3) is 3.91. The van der Waals surface area contributed by atoms with Gasteiger partial charge in [-0.05, 0) is 49.7 Å². The molecule has 33 heavy (non-hydrogen) atoms. The van der Waals surface area contributed by atoms with E-state index in [9.17, 15) is 4.79 Å². The van der Waals surface area contributed by atoms with Gasteiger partial charge in [-0.15, -0.1) is 0 Å². The molecule has 0 radical (unpaired) electrons. The molecule has 0 saturated heterocycles. The number of benzene rings is 1. The van der Waals surface area contributed by atoms with Gasteiger partial charge < -0.3 is 10.6 Å². The molecule has 8 nitrogen and oxygen atoms in total. The summed E-state index contributed by atoms with van der Waals surface area (Å²) in [4.78, 5) is 21.5. The number of aryl methyl sites for hydroxylation is 1. The molecule has 0 saturated carbocycles. The number of anilines is 1. The fraction of sp³-hybridized carbons (Fsp3) is 0.208. The van der Waals surface area contributed by atoms with Crippen molar-refractivity contribution in [2.75, 3.05) is 12.4 Å². The Morgan fingerprint density at radius 3 is 2.70 bits per heavy atom. The number of hydrogen-bond donors (Lipinski definition) is 2. The molecular weight excluding hydrogens is 434 g/mol. The Kier molecular flexibility index (Phi) is 5.46. The number of nitrogens with one attached hydrogen (secondary N) is 2. The van der Waals surface area contributed by atoms with Crippen LogP contribution < -0.4 is 10.6 Å². The van der Waals surface area contributed by atoms with Crippen LogP contribution in [0.3, 0.4) is 0 Å². The Labute approximate surface area is 194 Å². The second kappa shape index (κ2) is 8.58. The second-order valence-corrected chi connectivity index (χ2v) is 8.80. The molecule has 3 aromatic heterocycles. The predicted molar refractivity (Wildman–Crippen MR) is 127 cm³/mol. The first kappa shape index (κ1) is 21.0. The number of thiazole rings is 1. The number of nitrogens with zero attached hydrogens (tertiary/aromatic N) is 5. The molecule has 0 fully saturated rings. The first-order valence-electron chi connectivity index (χ1n) is 10.6. The highest BCUT2D eigenvalue weighted by atomic mass is 32.1. The number of rotatable bonds is 5. The van der Waals surface area contributed by atoms with E-state index in [-0.39, 0.29) is 5.91 Å². The lowest BCUT2D eigenvalue weighted by molar-refractivity contribution is -0.114. The molecule has 0 bridgehead atoms. The van der Waals surface area contributed by atoms with Crippen LogP contribution in [0.1, 0.15) is 29.4 Å². The molecule has 0 aliphatic heterocycles. The van der Waals surface area contributed by atoms with Crippen LogP contribution in [0.15, 0.2) is 42.6 Å². The van der Waals surface area contributed by atoms with Crippen LogP contribution in [-0.4, -0.2) is 32.7 Å². The summed E-state index contributed by atoms with van der Waals surface area (Å²) < 4.78 is 1.96. The zero-order valence-corrected chi connectivity index (χ0v) is 19.0. The monoisotopic (exact) mass is 455 g/mol. The van der Waals surface area contributed by atoms with Crippen LogP contribution >= 0.6 is 11.3 Å². The Hall–Kier alpha value is -3.87. The third-order valence-corrected chi connectivity index (χ3v) is 6.52. The van der Waals surface area contributed by atoms with Crippen molar-refractivity contribution in [1.29, 1.82) is 5.26 Å². The van der Waals surface area contributed by atoms with E-state index in [0.717, 1.165) is 58.2 Å². The van der Waals surface area contributed by atoms with Crippen LogP contribution in [0, 0.1) is 11.3 Å². The van der Waals surface area contributed by atoms with Gasteiger partial charge in [0.25, 0.3) is 0 Å². The number of aromatic nitrogens is 4. The van der Waals surface area contributed by atoms with Crippen molar-refractivity contribution in [1.82, 2.24) is 25.1 Å². The van der Waals surface area contributed by atoms with Crippen molar-refractivity contribution < 1.29 is 4.79 Å². The Morgan fingerprint density at radius 1 is 1.21 bits per heavy atom. The summed E-state index contributed by atoms with van der Waals surface area (Å²) in [7, 11) is 1.92. The van der Waals surface area contributed by atoms with Crippen molar-refractivity contribution in [3.05, 3.63) is 65.1 Å². The van der Waals surface area contributed by atoms with Crippen LogP contribution in [0.25, 0.3) is 27.5 Å². The molecule has 5 rings (SSSR count). The molecular formula is C24H21N7OS. The number of carbonyl (C=O) groups excluding carboxylic acids is 1. The molecule has 3 heterocycles. The van der Waals surface area contributed by atoms with Gasteiger partial charge in [0, 0.05) is 30.8 Å². The molecule has 0 atom stereocenters. The van der Waals surface area contributed by atoms with Crippen LogP contribution in [0.2, 0.25) is 0 Å². The van der Waals surface area contributed by atoms with E-state index in [4.69, 9.17) is 10.4 Å². The van der Waals surface area contributed by atoms with E-state index in [1.54, 1.807) is 12.3 Å². The highest BCUT2D eigenvalue weighted by molar-refractivity contribution is 7.19. The summed E-state index contributed by atoms with van der Waals surface area (Å²) in [6, 6.07) is 14.0. The van der Waals surface area contributed by atoms with Crippen molar-refractivity contribution in [2.45, 2.75) is 26.3 Å². The largest absolute Gasteiger partial charge is 0.316 e. The lowest BCUT2D eigenvalue weighted by Crippen LogP contribution is -2.07. The lowest BCUT2D eigenvalue weighted by atomic mass is 9.95. The molecule has 1 aromatic carbocycles. The average Bonchev–Trinajstić information content (AvgIpc) is 3.40. The molecule has 4 aromatic rings. The van der Waals surface area contributed by atoms with Crippen molar-refractivity contribution >= 4 is 22.4 Å². The first-order valence-corrected chi connectivity index (χ1v) is 11.4. The van der Waals surface area contributed by atoms with E-state index in [2.05, 4.69) is 50.9 Å². The van der Waals surface area contributed by atoms with Crippen LogP contribution in [-0.2, 0) is 24.2 Å². The fourth-order valence-electron chi connectivity index (χ4n) is 4.05. The summed E-state index contributed by atoms with van der Waals surface area (Å²) in [5.41, 5.74) is 7.29. The minimum absolute atomic E-state index is 0.140.